The number of hydrogen-bond acceptors (Lipinski definition) is 2. The number of nitrogens with zero attached hydrogens (tertiary/aromatic N) is 2. The quantitative estimate of drug-likeness (QED) is 0.898. The summed E-state index contributed by atoms with van der Waals surface area (Å²) in [7, 11) is 0. The van der Waals surface area contributed by atoms with Crippen molar-refractivity contribution in [3.63, 3.8) is 0 Å². The fourth-order valence-electron chi connectivity index (χ4n) is 2.98. The fourth-order valence-corrected chi connectivity index (χ4v) is 2.98. The van der Waals surface area contributed by atoms with Crippen molar-refractivity contribution in [2.45, 2.75) is 33.2 Å². The largest absolute Gasteiger partial charge is 0.379 e. The highest BCUT2D eigenvalue weighted by molar-refractivity contribution is 5.80. The normalized spacial score (nSPS) is 15.8. The van der Waals surface area contributed by atoms with E-state index in [1.807, 2.05) is 0 Å². The van der Waals surface area contributed by atoms with Gasteiger partial charge >= 0.3 is 0 Å². The van der Waals surface area contributed by atoms with E-state index in [0.29, 0.717) is 5.92 Å². The van der Waals surface area contributed by atoms with E-state index >= 15 is 0 Å². The van der Waals surface area contributed by atoms with Gasteiger partial charge in [-0.05, 0) is 30.5 Å². The number of nitrogens with one attached hydrogen (secondary N) is 1. The molecule has 21 heavy (non-hydrogen) atoms. The molecule has 0 bridgehead atoms. The van der Waals surface area contributed by atoms with E-state index < -0.39 is 0 Å². The molecular weight excluding hydrogens is 258 g/mol. The van der Waals surface area contributed by atoms with Crippen molar-refractivity contribution >= 4 is 16.7 Å². The lowest BCUT2D eigenvalue weighted by atomic mass is 10.1. The number of aromatic nitrogens is 2. The second kappa shape index (κ2) is 6.17. The number of fused-ring (bicyclic) bond motifs is 1. The van der Waals surface area contributed by atoms with E-state index in [4.69, 9.17) is 4.98 Å². The molecule has 2 heterocycles. The van der Waals surface area contributed by atoms with E-state index in [2.05, 4.69) is 66.2 Å². The number of para-hydroxylation sites is 2. The second-order valence-corrected chi connectivity index (χ2v) is 5.82. The first-order valence-corrected chi connectivity index (χ1v) is 7.86. The third kappa shape index (κ3) is 2.87. The van der Waals surface area contributed by atoms with E-state index in [1.54, 1.807) is 0 Å². The molecule has 1 aromatic carbocycles. The van der Waals surface area contributed by atoms with Crippen LogP contribution in [0.2, 0.25) is 0 Å². The van der Waals surface area contributed by atoms with Crippen LogP contribution in [0.5, 0.6) is 0 Å². The third-order valence-electron chi connectivity index (χ3n) is 3.98. The Kier molecular flexibility index (Phi) is 4.09. The van der Waals surface area contributed by atoms with Crippen molar-refractivity contribution < 1.29 is 0 Å². The van der Waals surface area contributed by atoms with Crippen molar-refractivity contribution in [3.05, 3.63) is 48.3 Å². The average Bonchev–Trinajstić information content (AvgIpc) is 2.87. The SMILES string of the molecule is CCCC(C)Cn1c(C2=CC=CCN2)nc2ccccc21. The molecule has 0 radical (unpaired) electrons. The van der Waals surface area contributed by atoms with E-state index in [9.17, 15) is 0 Å². The van der Waals surface area contributed by atoms with Crippen LogP contribution in [0.1, 0.15) is 32.5 Å². The zero-order valence-corrected chi connectivity index (χ0v) is 12.8. The van der Waals surface area contributed by atoms with Gasteiger partial charge in [0.25, 0.3) is 0 Å². The predicted molar refractivity (Wildman–Crippen MR) is 88.9 cm³/mol. The number of hydrogen-bond donors (Lipinski definition) is 1. The first-order chi connectivity index (χ1) is 10.3. The molecular formula is C18H23N3. The smallest absolute Gasteiger partial charge is 0.157 e. The molecule has 110 valence electrons. The summed E-state index contributed by atoms with van der Waals surface area (Å²) < 4.78 is 2.37. The maximum atomic E-state index is 4.85. The summed E-state index contributed by atoms with van der Waals surface area (Å²) >= 11 is 0. The molecule has 1 aliphatic rings. The van der Waals surface area contributed by atoms with Crippen LogP contribution in [-0.4, -0.2) is 16.1 Å². The van der Waals surface area contributed by atoms with Crippen LogP contribution < -0.4 is 5.32 Å². The van der Waals surface area contributed by atoms with Gasteiger partial charge in [0.2, 0.25) is 0 Å². The Hall–Kier alpha value is -2.03. The fraction of sp³-hybridized carbons (Fsp3) is 0.389. The molecule has 3 rings (SSSR count). The van der Waals surface area contributed by atoms with Crippen LogP contribution in [0, 0.1) is 5.92 Å². The van der Waals surface area contributed by atoms with Gasteiger partial charge in [-0.3, -0.25) is 0 Å². The summed E-state index contributed by atoms with van der Waals surface area (Å²) in [6.45, 7) is 6.47. The minimum Gasteiger partial charge on any atom is -0.379 e. The highest BCUT2D eigenvalue weighted by Gasteiger charge is 2.16. The van der Waals surface area contributed by atoms with Crippen molar-refractivity contribution in [1.29, 1.82) is 0 Å². The zero-order chi connectivity index (χ0) is 14.7. The number of benzene rings is 1. The summed E-state index contributed by atoms with van der Waals surface area (Å²) in [5, 5.41) is 3.43. The first kappa shape index (κ1) is 13.9. The van der Waals surface area contributed by atoms with Gasteiger partial charge in [-0.2, -0.15) is 0 Å². The highest BCUT2D eigenvalue weighted by atomic mass is 15.1. The monoisotopic (exact) mass is 281 g/mol. The Bertz CT molecular complexity index is 679. The standard InChI is InChI=1S/C18H23N3/c1-3-8-14(2)13-21-17-11-5-4-9-15(17)20-18(21)16-10-6-7-12-19-16/h4-7,9-11,14,19H,3,8,12-13H2,1-2H3. The van der Waals surface area contributed by atoms with E-state index in [1.165, 1.54) is 18.4 Å². The van der Waals surface area contributed by atoms with Gasteiger partial charge in [-0.25, -0.2) is 4.98 Å². The van der Waals surface area contributed by atoms with Gasteiger partial charge in [0.05, 0.1) is 16.7 Å². The Morgan fingerprint density at radius 2 is 2.19 bits per heavy atom. The van der Waals surface area contributed by atoms with Gasteiger partial charge in [0.15, 0.2) is 5.82 Å². The number of rotatable bonds is 5. The summed E-state index contributed by atoms with van der Waals surface area (Å²) in [6.07, 6.45) is 8.82. The van der Waals surface area contributed by atoms with Crippen LogP contribution in [-0.2, 0) is 6.54 Å². The molecule has 2 aromatic rings. The Balaban J connectivity index is 2.05. The number of allylic oxidation sites excluding steroid dienone is 2. The van der Waals surface area contributed by atoms with Crippen molar-refractivity contribution in [2.75, 3.05) is 6.54 Å². The van der Waals surface area contributed by atoms with Gasteiger partial charge < -0.3 is 9.88 Å². The van der Waals surface area contributed by atoms with Gasteiger partial charge in [-0.1, -0.05) is 44.6 Å². The Morgan fingerprint density at radius 3 is 2.95 bits per heavy atom. The first-order valence-electron chi connectivity index (χ1n) is 7.86. The summed E-state index contributed by atoms with van der Waals surface area (Å²) in [6, 6.07) is 8.42. The molecule has 1 unspecified atom stereocenters. The molecule has 1 aliphatic heterocycles. The lowest BCUT2D eigenvalue weighted by molar-refractivity contribution is 0.449. The molecule has 1 N–H and O–H groups in total. The molecule has 3 heteroatoms. The van der Waals surface area contributed by atoms with Crippen LogP contribution in [0.4, 0.5) is 0 Å². The highest BCUT2D eigenvalue weighted by Crippen LogP contribution is 2.23. The van der Waals surface area contributed by atoms with Crippen LogP contribution in [0.3, 0.4) is 0 Å². The maximum absolute atomic E-state index is 4.85. The van der Waals surface area contributed by atoms with Gasteiger partial charge in [-0.15, -0.1) is 0 Å². The average molecular weight is 281 g/mol. The molecule has 0 aliphatic carbocycles. The topological polar surface area (TPSA) is 29.9 Å². The minimum absolute atomic E-state index is 0.658. The van der Waals surface area contributed by atoms with Gasteiger partial charge in [0.1, 0.15) is 0 Å². The molecule has 1 aromatic heterocycles. The molecule has 0 saturated heterocycles. The molecule has 0 spiro atoms. The molecule has 0 saturated carbocycles. The van der Waals surface area contributed by atoms with E-state index in [0.717, 1.165) is 30.1 Å². The number of dihydropyridines is 1. The second-order valence-electron chi connectivity index (χ2n) is 5.82. The summed E-state index contributed by atoms with van der Waals surface area (Å²) in [5.74, 6) is 1.72. The molecule has 0 fully saturated rings. The lowest BCUT2D eigenvalue weighted by Gasteiger charge is -2.17. The van der Waals surface area contributed by atoms with Crippen molar-refractivity contribution in [1.82, 2.24) is 14.9 Å². The Labute approximate surface area is 126 Å². The maximum Gasteiger partial charge on any atom is 0.157 e. The molecule has 3 nitrogen and oxygen atoms in total. The lowest BCUT2D eigenvalue weighted by Crippen LogP contribution is -2.19. The van der Waals surface area contributed by atoms with E-state index in [-0.39, 0.29) is 0 Å². The summed E-state index contributed by atoms with van der Waals surface area (Å²) in [5.41, 5.74) is 3.43. The van der Waals surface area contributed by atoms with Crippen LogP contribution in [0.25, 0.3) is 16.7 Å². The molecule has 0 amide bonds. The van der Waals surface area contributed by atoms with Crippen LogP contribution >= 0.6 is 0 Å². The number of imidazole rings is 1. The van der Waals surface area contributed by atoms with Crippen molar-refractivity contribution in [2.24, 2.45) is 5.92 Å². The predicted octanol–water partition coefficient (Wildman–Crippen LogP) is 3.97. The van der Waals surface area contributed by atoms with Gasteiger partial charge in [0, 0.05) is 13.1 Å². The Morgan fingerprint density at radius 1 is 1.33 bits per heavy atom. The van der Waals surface area contributed by atoms with Crippen molar-refractivity contribution in [3.8, 4) is 0 Å². The third-order valence-corrected chi connectivity index (χ3v) is 3.98. The summed E-state index contributed by atoms with van der Waals surface area (Å²) in [4.78, 5) is 4.85. The minimum atomic E-state index is 0.658. The zero-order valence-electron chi connectivity index (χ0n) is 12.8. The van der Waals surface area contributed by atoms with Crippen LogP contribution in [0.15, 0.2) is 42.5 Å². The molecule has 1 atom stereocenters.